The summed E-state index contributed by atoms with van der Waals surface area (Å²) >= 11 is 1.36. The largest absolute Gasteiger partial charge is 0.461 e. The number of hydrogen-bond donors (Lipinski definition) is 1. The van der Waals surface area contributed by atoms with Gasteiger partial charge in [-0.2, -0.15) is 0 Å². The van der Waals surface area contributed by atoms with Crippen molar-refractivity contribution in [3.05, 3.63) is 17.5 Å². The number of carbonyl (C=O) groups is 2. The number of esters is 1. The number of aromatic amines is 1. The molecule has 1 aromatic heterocycles. The van der Waals surface area contributed by atoms with Crippen LogP contribution >= 0.6 is 11.8 Å². The third-order valence-electron chi connectivity index (χ3n) is 1.90. The topological polar surface area (TPSA) is 59.2 Å². The predicted octanol–water partition coefficient (Wildman–Crippen LogP) is 2.12. The van der Waals surface area contributed by atoms with Crippen molar-refractivity contribution >= 4 is 23.5 Å². The molecule has 5 heteroatoms. The Bertz CT molecular complexity index is 384. The standard InChI is InChI=1S/C10H13NO3S/c1-4-14-10(13)8-9(15-3)7(5-11-8)6(2)12/h5,11H,4H2,1-3H3. The summed E-state index contributed by atoms with van der Waals surface area (Å²) in [6.45, 7) is 3.53. The Morgan fingerprint density at radius 1 is 1.53 bits per heavy atom. The van der Waals surface area contributed by atoms with Crippen molar-refractivity contribution in [2.45, 2.75) is 18.7 Å². The molecule has 0 radical (unpaired) electrons. The Hall–Kier alpha value is -1.23. The molecule has 0 saturated carbocycles. The highest BCUT2D eigenvalue weighted by Crippen LogP contribution is 2.25. The summed E-state index contributed by atoms with van der Waals surface area (Å²) in [5.74, 6) is -0.486. The van der Waals surface area contributed by atoms with Crippen LogP contribution in [0.25, 0.3) is 0 Å². The number of hydrogen-bond acceptors (Lipinski definition) is 4. The molecule has 0 spiro atoms. The molecule has 1 N–H and O–H groups in total. The van der Waals surface area contributed by atoms with Crippen LogP contribution in [-0.2, 0) is 4.74 Å². The highest BCUT2D eigenvalue weighted by atomic mass is 32.2. The lowest BCUT2D eigenvalue weighted by Gasteiger charge is -2.02. The highest BCUT2D eigenvalue weighted by molar-refractivity contribution is 7.98. The fraction of sp³-hybridized carbons (Fsp3) is 0.400. The number of carbonyl (C=O) groups excluding carboxylic acids is 2. The van der Waals surface area contributed by atoms with Gasteiger partial charge in [0, 0.05) is 11.8 Å². The first-order valence-electron chi connectivity index (χ1n) is 4.55. The van der Waals surface area contributed by atoms with E-state index in [0.29, 0.717) is 22.8 Å². The number of Topliss-reactive ketones (excluding diaryl/α,β-unsaturated/α-hetero) is 1. The lowest BCUT2D eigenvalue weighted by molar-refractivity contribution is 0.0516. The van der Waals surface area contributed by atoms with Crippen molar-refractivity contribution in [2.24, 2.45) is 0 Å². The van der Waals surface area contributed by atoms with E-state index in [9.17, 15) is 9.59 Å². The Morgan fingerprint density at radius 2 is 2.20 bits per heavy atom. The molecule has 0 bridgehead atoms. The lowest BCUT2D eigenvalue weighted by Crippen LogP contribution is -2.06. The van der Waals surface area contributed by atoms with Gasteiger partial charge >= 0.3 is 5.97 Å². The summed E-state index contributed by atoms with van der Waals surface area (Å²) in [6.07, 6.45) is 3.36. The number of ketones is 1. The predicted molar refractivity (Wildman–Crippen MR) is 58.5 cm³/mol. The average Bonchev–Trinajstić information content (AvgIpc) is 2.61. The normalized spacial score (nSPS) is 10.1. The minimum Gasteiger partial charge on any atom is -0.461 e. The first kappa shape index (κ1) is 11.8. The van der Waals surface area contributed by atoms with Gasteiger partial charge in [-0.15, -0.1) is 11.8 Å². The first-order valence-corrected chi connectivity index (χ1v) is 5.77. The molecule has 4 nitrogen and oxygen atoms in total. The Balaban J connectivity index is 3.09. The monoisotopic (exact) mass is 227 g/mol. The first-order chi connectivity index (χ1) is 7.11. The van der Waals surface area contributed by atoms with Crippen LogP contribution in [0.1, 0.15) is 34.7 Å². The summed E-state index contributed by atoms with van der Waals surface area (Å²) in [5, 5.41) is 0. The molecule has 0 aliphatic heterocycles. The smallest absolute Gasteiger partial charge is 0.355 e. The zero-order chi connectivity index (χ0) is 11.4. The van der Waals surface area contributed by atoms with Gasteiger partial charge in [0.1, 0.15) is 5.69 Å². The highest BCUT2D eigenvalue weighted by Gasteiger charge is 2.19. The number of aromatic nitrogens is 1. The maximum absolute atomic E-state index is 11.5. The van der Waals surface area contributed by atoms with Crippen molar-refractivity contribution in [1.82, 2.24) is 4.98 Å². The van der Waals surface area contributed by atoms with Gasteiger partial charge in [-0.25, -0.2) is 4.79 Å². The van der Waals surface area contributed by atoms with Crippen LogP contribution < -0.4 is 0 Å². The van der Waals surface area contributed by atoms with E-state index in [1.54, 1.807) is 13.1 Å². The summed E-state index contributed by atoms with van der Waals surface area (Å²) in [5.41, 5.74) is 0.889. The summed E-state index contributed by atoms with van der Waals surface area (Å²) in [7, 11) is 0. The van der Waals surface area contributed by atoms with Gasteiger partial charge in [0.15, 0.2) is 5.78 Å². The molecule has 0 unspecified atom stereocenters. The SMILES string of the molecule is CCOC(=O)c1[nH]cc(C(C)=O)c1SC. The Labute approximate surface area is 92.4 Å². The molecule has 1 rings (SSSR count). The molecule has 0 amide bonds. The minimum absolute atomic E-state index is 0.0638. The molecule has 1 aromatic rings. The Morgan fingerprint density at radius 3 is 2.67 bits per heavy atom. The molecule has 0 fully saturated rings. The summed E-state index contributed by atoms with van der Waals surface area (Å²) in [6, 6.07) is 0. The van der Waals surface area contributed by atoms with E-state index >= 15 is 0 Å². The molecule has 0 saturated heterocycles. The molecule has 0 atom stereocenters. The van der Waals surface area contributed by atoms with Crippen LogP contribution in [0.15, 0.2) is 11.1 Å². The third kappa shape index (κ3) is 2.41. The lowest BCUT2D eigenvalue weighted by atomic mass is 10.2. The fourth-order valence-corrected chi connectivity index (χ4v) is 2.01. The van der Waals surface area contributed by atoms with E-state index in [2.05, 4.69) is 4.98 Å². The number of nitrogens with one attached hydrogen (secondary N) is 1. The zero-order valence-electron chi connectivity index (χ0n) is 8.92. The Kier molecular flexibility index (Phi) is 3.96. The second-order valence-corrected chi connectivity index (χ2v) is 3.70. The fourth-order valence-electron chi connectivity index (χ4n) is 1.24. The maximum atomic E-state index is 11.5. The number of thioether (sulfide) groups is 1. The van der Waals surface area contributed by atoms with Crippen molar-refractivity contribution in [3.63, 3.8) is 0 Å². The second-order valence-electron chi connectivity index (χ2n) is 2.89. The van der Waals surface area contributed by atoms with Gasteiger partial charge in [0.05, 0.1) is 11.5 Å². The van der Waals surface area contributed by atoms with E-state index in [-0.39, 0.29) is 5.78 Å². The second kappa shape index (κ2) is 5.02. The van der Waals surface area contributed by atoms with Gasteiger partial charge < -0.3 is 9.72 Å². The molecular formula is C10H13NO3S. The molecule has 15 heavy (non-hydrogen) atoms. The van der Waals surface area contributed by atoms with Crippen molar-refractivity contribution < 1.29 is 14.3 Å². The van der Waals surface area contributed by atoms with Crippen LogP contribution in [0.4, 0.5) is 0 Å². The molecule has 0 aliphatic rings. The van der Waals surface area contributed by atoms with Crippen LogP contribution in [0.2, 0.25) is 0 Å². The van der Waals surface area contributed by atoms with E-state index in [1.165, 1.54) is 18.7 Å². The third-order valence-corrected chi connectivity index (χ3v) is 2.73. The van der Waals surface area contributed by atoms with Gasteiger partial charge in [-0.3, -0.25) is 4.79 Å². The van der Waals surface area contributed by atoms with Crippen LogP contribution in [-0.4, -0.2) is 29.6 Å². The molecule has 1 heterocycles. The van der Waals surface area contributed by atoms with Crippen molar-refractivity contribution in [1.29, 1.82) is 0 Å². The van der Waals surface area contributed by atoms with E-state index in [4.69, 9.17) is 4.74 Å². The minimum atomic E-state index is -0.422. The molecule has 0 aromatic carbocycles. The molecule has 0 aliphatic carbocycles. The van der Waals surface area contributed by atoms with E-state index < -0.39 is 5.97 Å². The van der Waals surface area contributed by atoms with Crippen molar-refractivity contribution in [2.75, 3.05) is 12.9 Å². The van der Waals surface area contributed by atoms with Crippen molar-refractivity contribution in [3.8, 4) is 0 Å². The number of rotatable bonds is 4. The number of ether oxygens (including phenoxy) is 1. The zero-order valence-corrected chi connectivity index (χ0v) is 9.73. The van der Waals surface area contributed by atoms with Gasteiger partial charge in [0.2, 0.25) is 0 Å². The van der Waals surface area contributed by atoms with E-state index in [1.807, 2.05) is 6.26 Å². The van der Waals surface area contributed by atoms with Crippen LogP contribution in [0.3, 0.4) is 0 Å². The average molecular weight is 227 g/mol. The van der Waals surface area contributed by atoms with E-state index in [0.717, 1.165) is 0 Å². The summed E-state index contributed by atoms with van der Waals surface area (Å²) < 4.78 is 4.87. The van der Waals surface area contributed by atoms with Gasteiger partial charge in [-0.1, -0.05) is 0 Å². The van der Waals surface area contributed by atoms with Gasteiger partial charge in [-0.05, 0) is 20.1 Å². The molecular weight excluding hydrogens is 214 g/mol. The maximum Gasteiger partial charge on any atom is 0.355 e. The number of H-pyrrole nitrogens is 1. The quantitative estimate of drug-likeness (QED) is 0.486. The molecule has 82 valence electrons. The summed E-state index contributed by atoms with van der Waals surface area (Å²) in [4.78, 5) is 26.1. The van der Waals surface area contributed by atoms with Gasteiger partial charge in [0.25, 0.3) is 0 Å². The van der Waals surface area contributed by atoms with Crippen LogP contribution in [0.5, 0.6) is 0 Å². The van der Waals surface area contributed by atoms with Crippen LogP contribution in [0, 0.1) is 0 Å².